The van der Waals surface area contributed by atoms with Crippen LogP contribution >= 0.6 is 0 Å². The fourth-order valence-electron chi connectivity index (χ4n) is 2.43. The van der Waals surface area contributed by atoms with E-state index in [1.54, 1.807) is 12.1 Å². The van der Waals surface area contributed by atoms with Gasteiger partial charge in [-0.1, -0.05) is 18.2 Å². The van der Waals surface area contributed by atoms with E-state index in [2.05, 4.69) is 10.6 Å². The van der Waals surface area contributed by atoms with E-state index in [1.165, 1.54) is 0 Å². The van der Waals surface area contributed by atoms with Gasteiger partial charge in [0.25, 0.3) is 5.91 Å². The molecule has 1 aliphatic rings. The fourth-order valence-corrected chi connectivity index (χ4v) is 2.43. The Labute approximate surface area is 118 Å². The SMILES string of the molecule is CNCCc1ccccc1C(=O)NC1(C(=O)O)CCC1. The van der Waals surface area contributed by atoms with Crippen LogP contribution in [0, 0.1) is 0 Å². The van der Waals surface area contributed by atoms with Crippen molar-refractivity contribution in [1.82, 2.24) is 10.6 Å². The molecule has 1 aliphatic carbocycles. The molecule has 1 saturated carbocycles. The first-order valence-electron chi connectivity index (χ1n) is 6.87. The fraction of sp³-hybridized carbons (Fsp3) is 0.467. The average molecular weight is 276 g/mol. The molecule has 0 unspecified atom stereocenters. The maximum Gasteiger partial charge on any atom is 0.329 e. The highest BCUT2D eigenvalue weighted by molar-refractivity contribution is 5.99. The lowest BCUT2D eigenvalue weighted by atomic mass is 9.76. The number of benzene rings is 1. The summed E-state index contributed by atoms with van der Waals surface area (Å²) in [6.45, 7) is 0.772. The van der Waals surface area contributed by atoms with Crippen LogP contribution in [-0.4, -0.2) is 36.1 Å². The van der Waals surface area contributed by atoms with Crippen LogP contribution in [0.15, 0.2) is 24.3 Å². The van der Waals surface area contributed by atoms with E-state index < -0.39 is 11.5 Å². The predicted molar refractivity (Wildman–Crippen MR) is 75.8 cm³/mol. The number of carbonyl (C=O) groups is 2. The summed E-state index contributed by atoms with van der Waals surface area (Å²) in [5.74, 6) is -1.23. The van der Waals surface area contributed by atoms with Crippen molar-refractivity contribution in [2.45, 2.75) is 31.2 Å². The minimum Gasteiger partial charge on any atom is -0.480 e. The van der Waals surface area contributed by atoms with Gasteiger partial charge in [0.2, 0.25) is 0 Å². The molecule has 20 heavy (non-hydrogen) atoms. The summed E-state index contributed by atoms with van der Waals surface area (Å²) in [4.78, 5) is 23.6. The molecule has 0 heterocycles. The molecule has 5 heteroatoms. The molecule has 0 aromatic heterocycles. The summed E-state index contributed by atoms with van der Waals surface area (Å²) in [5.41, 5.74) is 0.433. The van der Waals surface area contributed by atoms with Crippen LogP contribution < -0.4 is 10.6 Å². The number of rotatable bonds is 6. The number of aliphatic carboxylic acids is 1. The number of carboxylic acids is 1. The smallest absolute Gasteiger partial charge is 0.329 e. The van der Waals surface area contributed by atoms with E-state index in [9.17, 15) is 14.7 Å². The number of amides is 1. The number of hydrogen-bond donors (Lipinski definition) is 3. The normalized spacial score (nSPS) is 16.2. The molecular formula is C15H20N2O3. The number of nitrogens with one attached hydrogen (secondary N) is 2. The largest absolute Gasteiger partial charge is 0.480 e. The zero-order chi connectivity index (χ0) is 14.6. The van der Waals surface area contributed by atoms with Gasteiger partial charge < -0.3 is 15.7 Å². The molecule has 2 rings (SSSR count). The van der Waals surface area contributed by atoms with Crippen LogP contribution in [0.25, 0.3) is 0 Å². The van der Waals surface area contributed by atoms with Crippen molar-refractivity contribution in [2.24, 2.45) is 0 Å². The Kier molecular flexibility index (Phi) is 4.39. The van der Waals surface area contributed by atoms with E-state index in [0.717, 1.165) is 24.9 Å². The molecule has 1 fully saturated rings. The molecular weight excluding hydrogens is 256 g/mol. The monoisotopic (exact) mass is 276 g/mol. The van der Waals surface area contributed by atoms with E-state index in [0.29, 0.717) is 18.4 Å². The predicted octanol–water partition coefficient (Wildman–Crippen LogP) is 1.19. The molecule has 0 spiro atoms. The van der Waals surface area contributed by atoms with Gasteiger partial charge in [-0.2, -0.15) is 0 Å². The van der Waals surface area contributed by atoms with Gasteiger partial charge in [0.1, 0.15) is 5.54 Å². The number of likely N-dealkylation sites (N-methyl/N-ethyl adjacent to an activating group) is 1. The molecule has 3 N–H and O–H groups in total. The summed E-state index contributed by atoms with van der Waals surface area (Å²) >= 11 is 0. The number of hydrogen-bond acceptors (Lipinski definition) is 3. The van der Waals surface area contributed by atoms with Crippen molar-refractivity contribution >= 4 is 11.9 Å². The quantitative estimate of drug-likeness (QED) is 0.729. The molecule has 0 saturated heterocycles. The lowest BCUT2D eigenvalue weighted by molar-refractivity contribution is -0.148. The molecule has 0 aliphatic heterocycles. The van der Waals surface area contributed by atoms with Crippen LogP contribution in [0.1, 0.15) is 35.2 Å². The van der Waals surface area contributed by atoms with E-state index in [1.807, 2.05) is 19.2 Å². The second-order valence-corrected chi connectivity index (χ2v) is 5.21. The van der Waals surface area contributed by atoms with Crippen molar-refractivity contribution in [3.63, 3.8) is 0 Å². The van der Waals surface area contributed by atoms with Gasteiger partial charge in [0.05, 0.1) is 0 Å². The summed E-state index contributed by atoms with van der Waals surface area (Å²) in [5, 5.41) is 15.0. The highest BCUT2D eigenvalue weighted by Crippen LogP contribution is 2.32. The summed E-state index contributed by atoms with van der Waals surface area (Å²) in [7, 11) is 1.86. The van der Waals surface area contributed by atoms with Crippen LogP contribution in [-0.2, 0) is 11.2 Å². The van der Waals surface area contributed by atoms with Crippen molar-refractivity contribution in [3.8, 4) is 0 Å². The van der Waals surface area contributed by atoms with Crippen LogP contribution in [0.5, 0.6) is 0 Å². The Morgan fingerprint density at radius 1 is 1.30 bits per heavy atom. The first-order chi connectivity index (χ1) is 9.59. The van der Waals surface area contributed by atoms with Crippen LogP contribution in [0.4, 0.5) is 0 Å². The van der Waals surface area contributed by atoms with Crippen LogP contribution in [0.2, 0.25) is 0 Å². The molecule has 0 atom stereocenters. The minimum absolute atomic E-state index is 0.293. The van der Waals surface area contributed by atoms with Gasteiger partial charge in [-0.3, -0.25) is 4.79 Å². The third-order valence-corrected chi connectivity index (χ3v) is 3.88. The molecule has 108 valence electrons. The van der Waals surface area contributed by atoms with Gasteiger partial charge in [-0.15, -0.1) is 0 Å². The molecule has 0 radical (unpaired) electrons. The third-order valence-electron chi connectivity index (χ3n) is 3.88. The molecule has 5 nitrogen and oxygen atoms in total. The van der Waals surface area contributed by atoms with Crippen molar-refractivity contribution < 1.29 is 14.7 Å². The second-order valence-electron chi connectivity index (χ2n) is 5.21. The zero-order valence-electron chi connectivity index (χ0n) is 11.6. The summed E-state index contributed by atoms with van der Waals surface area (Å²) < 4.78 is 0. The number of carbonyl (C=O) groups excluding carboxylic acids is 1. The Morgan fingerprint density at radius 2 is 2.00 bits per heavy atom. The second kappa shape index (κ2) is 6.05. The van der Waals surface area contributed by atoms with Gasteiger partial charge in [-0.05, 0) is 50.9 Å². The Hall–Kier alpha value is -1.88. The molecule has 1 aromatic carbocycles. The molecule has 0 bridgehead atoms. The standard InChI is InChI=1S/C15H20N2O3/c1-16-10-7-11-5-2-3-6-12(11)13(18)17-15(14(19)20)8-4-9-15/h2-3,5-6,16H,4,7-10H2,1H3,(H,17,18)(H,19,20). The van der Waals surface area contributed by atoms with Crippen molar-refractivity contribution in [2.75, 3.05) is 13.6 Å². The van der Waals surface area contributed by atoms with Crippen molar-refractivity contribution in [1.29, 1.82) is 0 Å². The highest BCUT2D eigenvalue weighted by Gasteiger charge is 2.45. The maximum absolute atomic E-state index is 12.3. The minimum atomic E-state index is -1.06. The first-order valence-corrected chi connectivity index (χ1v) is 6.87. The summed E-state index contributed by atoms with van der Waals surface area (Å²) in [6.07, 6.45) is 2.59. The molecule has 1 amide bonds. The van der Waals surface area contributed by atoms with Crippen LogP contribution in [0.3, 0.4) is 0 Å². The maximum atomic E-state index is 12.3. The van der Waals surface area contributed by atoms with Gasteiger partial charge in [0, 0.05) is 5.56 Å². The third kappa shape index (κ3) is 2.82. The van der Waals surface area contributed by atoms with E-state index >= 15 is 0 Å². The first kappa shape index (κ1) is 14.5. The molecule has 1 aromatic rings. The van der Waals surface area contributed by atoms with Gasteiger partial charge >= 0.3 is 5.97 Å². The zero-order valence-corrected chi connectivity index (χ0v) is 11.6. The Morgan fingerprint density at radius 3 is 2.55 bits per heavy atom. The van der Waals surface area contributed by atoms with E-state index in [4.69, 9.17) is 0 Å². The lowest BCUT2D eigenvalue weighted by Gasteiger charge is -2.38. The lowest BCUT2D eigenvalue weighted by Crippen LogP contribution is -2.59. The van der Waals surface area contributed by atoms with E-state index in [-0.39, 0.29) is 5.91 Å². The topological polar surface area (TPSA) is 78.4 Å². The Bertz CT molecular complexity index is 510. The number of carboxylic acid groups (broad SMARTS) is 1. The van der Waals surface area contributed by atoms with Gasteiger partial charge in [0.15, 0.2) is 0 Å². The van der Waals surface area contributed by atoms with Gasteiger partial charge in [-0.25, -0.2) is 4.79 Å². The highest BCUT2D eigenvalue weighted by atomic mass is 16.4. The average Bonchev–Trinajstić information content (AvgIpc) is 2.40. The Balaban J connectivity index is 2.15. The summed E-state index contributed by atoms with van der Waals surface area (Å²) in [6, 6.07) is 7.33. The van der Waals surface area contributed by atoms with Crippen molar-refractivity contribution in [3.05, 3.63) is 35.4 Å².